The number of hydrogen-bond donors (Lipinski definition) is 2. The summed E-state index contributed by atoms with van der Waals surface area (Å²) < 4.78 is 9.79. The molecule has 3 heterocycles. The number of nitrogens with zero attached hydrogens (tertiary/aromatic N) is 7. The third kappa shape index (κ3) is 7.53. The zero-order chi connectivity index (χ0) is 30.8. The standard InChI is InChI=1S/C33H40N8O3.K.H/c1-5-8-29-28(19-22-11-13-23(14-12-22)26-9-6-7-10-27(26)30-35-38-39-36-30)31(42)40(32-34-21(2)37-41(29)32)24-15-17-25(18-16-24)44-20-33(3,4)43;;/h6-7,9-14,24-25,43H,5,8,15-20H2,1-4H3,(H,35,36,38,39);;. The fourth-order valence-corrected chi connectivity index (χ4v) is 6.24. The van der Waals surface area contributed by atoms with E-state index >= 15 is 0 Å². The maximum absolute atomic E-state index is 14.4. The van der Waals surface area contributed by atoms with Crippen molar-refractivity contribution in [2.75, 3.05) is 6.61 Å². The fourth-order valence-electron chi connectivity index (χ4n) is 6.24. The van der Waals surface area contributed by atoms with E-state index in [0.29, 0.717) is 30.5 Å². The van der Waals surface area contributed by atoms with E-state index in [9.17, 15) is 9.90 Å². The first-order valence-corrected chi connectivity index (χ1v) is 15.5. The van der Waals surface area contributed by atoms with Crippen LogP contribution in [0.5, 0.6) is 0 Å². The van der Waals surface area contributed by atoms with Gasteiger partial charge in [-0.25, -0.2) is 9.61 Å². The molecule has 0 radical (unpaired) electrons. The zero-order valence-electron chi connectivity index (χ0n) is 25.8. The number of tetrazole rings is 1. The average Bonchev–Trinajstić information content (AvgIpc) is 3.69. The first kappa shape index (κ1) is 33.8. The molecule has 5 aromatic rings. The van der Waals surface area contributed by atoms with Crippen molar-refractivity contribution in [3.63, 3.8) is 0 Å². The van der Waals surface area contributed by atoms with Crippen LogP contribution in [0.15, 0.2) is 53.3 Å². The van der Waals surface area contributed by atoms with Crippen molar-refractivity contribution in [2.24, 2.45) is 0 Å². The van der Waals surface area contributed by atoms with Crippen LogP contribution in [-0.2, 0) is 17.6 Å². The quantitative estimate of drug-likeness (QED) is 0.218. The third-order valence-corrected chi connectivity index (χ3v) is 8.33. The molecule has 1 saturated carbocycles. The van der Waals surface area contributed by atoms with Gasteiger partial charge in [0.05, 0.1) is 24.0 Å². The predicted octanol–water partition coefficient (Wildman–Crippen LogP) is 4.21. The molecule has 1 aliphatic rings. The number of aliphatic hydroxyl groups is 1. The molecule has 232 valence electrons. The van der Waals surface area contributed by atoms with E-state index in [0.717, 1.165) is 72.0 Å². The Morgan fingerprint density at radius 1 is 1.04 bits per heavy atom. The Kier molecular flexibility index (Phi) is 10.8. The minimum atomic E-state index is -0.862. The van der Waals surface area contributed by atoms with Crippen molar-refractivity contribution in [3.8, 4) is 22.5 Å². The van der Waals surface area contributed by atoms with Gasteiger partial charge in [-0.15, -0.1) is 5.10 Å². The Labute approximate surface area is 305 Å². The first-order valence-electron chi connectivity index (χ1n) is 15.5. The molecule has 1 fully saturated rings. The van der Waals surface area contributed by atoms with Gasteiger partial charge in [-0.2, -0.15) is 10.1 Å². The Balaban J connectivity index is 0.00000400. The van der Waals surface area contributed by atoms with Gasteiger partial charge >= 0.3 is 51.4 Å². The normalized spacial score (nSPS) is 17.0. The van der Waals surface area contributed by atoms with E-state index in [1.807, 2.05) is 34.2 Å². The van der Waals surface area contributed by atoms with E-state index in [-0.39, 0.29) is 69.1 Å². The van der Waals surface area contributed by atoms with Gasteiger partial charge in [0.15, 0.2) is 5.82 Å². The molecule has 0 bridgehead atoms. The molecule has 0 saturated heterocycles. The van der Waals surface area contributed by atoms with Crippen LogP contribution < -0.4 is 5.56 Å². The number of fused-ring (bicyclic) bond motifs is 1. The second-order valence-electron chi connectivity index (χ2n) is 12.4. The van der Waals surface area contributed by atoms with Gasteiger partial charge < -0.3 is 9.84 Å². The van der Waals surface area contributed by atoms with Crippen LogP contribution in [0.4, 0.5) is 0 Å². The molecule has 12 heteroatoms. The Hall–Kier alpha value is -2.58. The second-order valence-corrected chi connectivity index (χ2v) is 12.4. The average molecular weight is 637 g/mol. The maximum atomic E-state index is 14.4. The Morgan fingerprint density at radius 2 is 1.76 bits per heavy atom. The molecule has 2 N–H and O–H groups in total. The summed E-state index contributed by atoms with van der Waals surface area (Å²) in [5.41, 5.74) is 4.88. The molecule has 6 rings (SSSR count). The van der Waals surface area contributed by atoms with Crippen molar-refractivity contribution < 1.29 is 9.84 Å². The number of H-pyrrole nitrogens is 1. The number of aromatic amines is 1. The molecule has 45 heavy (non-hydrogen) atoms. The van der Waals surface area contributed by atoms with Crippen LogP contribution in [0.1, 0.15) is 81.6 Å². The molecule has 2 aromatic carbocycles. The monoisotopic (exact) mass is 636 g/mol. The topological polar surface area (TPSA) is 136 Å². The molecule has 1 aliphatic carbocycles. The van der Waals surface area contributed by atoms with Gasteiger partial charge in [-0.05, 0) is 80.0 Å². The van der Waals surface area contributed by atoms with Crippen molar-refractivity contribution in [1.29, 1.82) is 0 Å². The van der Waals surface area contributed by atoms with E-state index < -0.39 is 5.60 Å². The zero-order valence-corrected chi connectivity index (χ0v) is 25.8. The van der Waals surface area contributed by atoms with E-state index in [2.05, 4.69) is 57.9 Å². The molecule has 11 nitrogen and oxygen atoms in total. The van der Waals surface area contributed by atoms with Gasteiger partial charge in [0.2, 0.25) is 5.78 Å². The van der Waals surface area contributed by atoms with Crippen molar-refractivity contribution in [2.45, 2.75) is 90.4 Å². The number of rotatable bonds is 10. The van der Waals surface area contributed by atoms with Crippen LogP contribution in [0, 0.1) is 6.92 Å². The van der Waals surface area contributed by atoms with Crippen LogP contribution in [0.2, 0.25) is 0 Å². The Morgan fingerprint density at radius 3 is 2.40 bits per heavy atom. The second kappa shape index (κ2) is 14.5. The number of nitrogens with one attached hydrogen (secondary N) is 1. The van der Waals surface area contributed by atoms with Gasteiger partial charge in [0, 0.05) is 23.6 Å². The molecular formula is C33H41KN8O3. The predicted molar refractivity (Wildman–Crippen MR) is 175 cm³/mol. The summed E-state index contributed by atoms with van der Waals surface area (Å²) in [5.74, 6) is 1.89. The number of ether oxygens (including phenoxy) is 1. The molecule has 0 unspecified atom stereocenters. The van der Waals surface area contributed by atoms with Gasteiger partial charge in [0.1, 0.15) is 5.82 Å². The summed E-state index contributed by atoms with van der Waals surface area (Å²) in [6.45, 7) is 7.81. The molecule has 0 amide bonds. The van der Waals surface area contributed by atoms with Gasteiger partial charge in [-0.1, -0.05) is 61.9 Å². The first-order chi connectivity index (χ1) is 21.2. The summed E-state index contributed by atoms with van der Waals surface area (Å²) in [6, 6.07) is 16.4. The van der Waals surface area contributed by atoms with Crippen molar-refractivity contribution in [3.05, 3.63) is 81.5 Å². The van der Waals surface area contributed by atoms with Gasteiger partial charge in [-0.3, -0.25) is 9.36 Å². The SMILES string of the molecule is CCCc1c(Cc2ccc(-c3ccccc3-c3nnn[nH]3)cc2)c(=O)n(C2CCC(OCC(C)(C)O)CC2)c2nc(C)nn12.[KH]. The summed E-state index contributed by atoms with van der Waals surface area (Å²) in [5, 5.41) is 29.3. The minimum absolute atomic E-state index is 0. The number of aromatic nitrogens is 8. The van der Waals surface area contributed by atoms with E-state index in [1.165, 1.54) is 0 Å². The molecule has 3 aromatic heterocycles. The number of benzene rings is 2. The van der Waals surface area contributed by atoms with E-state index in [1.54, 1.807) is 13.8 Å². The summed E-state index contributed by atoms with van der Waals surface area (Å²) in [6.07, 6.45) is 5.46. The van der Waals surface area contributed by atoms with E-state index in [4.69, 9.17) is 14.8 Å². The fraction of sp³-hybridized carbons (Fsp3) is 0.455. The third-order valence-electron chi connectivity index (χ3n) is 8.33. The van der Waals surface area contributed by atoms with Crippen molar-refractivity contribution in [1.82, 2.24) is 39.8 Å². The molecule has 0 aliphatic heterocycles. The Bertz CT molecular complexity index is 1780. The summed E-state index contributed by atoms with van der Waals surface area (Å²) >= 11 is 0. The summed E-state index contributed by atoms with van der Waals surface area (Å²) in [7, 11) is 0. The molecular weight excluding hydrogens is 596 g/mol. The molecule has 0 spiro atoms. The summed E-state index contributed by atoms with van der Waals surface area (Å²) in [4.78, 5) is 19.1. The number of hydrogen-bond acceptors (Lipinski definition) is 8. The molecule has 0 atom stereocenters. The van der Waals surface area contributed by atoms with Crippen LogP contribution in [-0.4, -0.2) is 115 Å². The number of aryl methyl sites for hydroxylation is 2. The van der Waals surface area contributed by atoms with Crippen molar-refractivity contribution >= 4 is 57.2 Å². The van der Waals surface area contributed by atoms with Crippen LogP contribution in [0.25, 0.3) is 28.3 Å². The van der Waals surface area contributed by atoms with Crippen LogP contribution in [0.3, 0.4) is 0 Å². The van der Waals surface area contributed by atoms with Gasteiger partial charge in [0.25, 0.3) is 5.56 Å². The van der Waals surface area contributed by atoms with Crippen LogP contribution >= 0.6 is 0 Å².